The molecule has 10 aromatic carbocycles. The van der Waals surface area contributed by atoms with E-state index in [-0.39, 0.29) is 0 Å². The van der Waals surface area contributed by atoms with Crippen LogP contribution in [0.4, 0.5) is 0 Å². The Balaban J connectivity index is 1.04. The number of aromatic nitrogens is 2. The maximum absolute atomic E-state index is 5.07. The predicted octanol–water partition coefficient (Wildman–Crippen LogP) is 14.8. The van der Waals surface area contributed by atoms with Crippen LogP contribution in [0, 0.1) is 0 Å². The van der Waals surface area contributed by atoms with Crippen molar-refractivity contribution in [3.05, 3.63) is 217 Å². The molecule has 0 aliphatic rings. The van der Waals surface area contributed by atoms with Crippen molar-refractivity contribution >= 4 is 66.3 Å². The zero-order valence-electron chi connectivity index (χ0n) is 31.2. The van der Waals surface area contributed by atoms with Crippen LogP contribution in [0.1, 0.15) is 11.1 Å². The highest BCUT2D eigenvalue weighted by Gasteiger charge is 2.18. The largest absolute Gasteiger partial charge is 0.292 e. The van der Waals surface area contributed by atoms with Crippen molar-refractivity contribution in [3.63, 3.8) is 0 Å². The van der Waals surface area contributed by atoms with Crippen LogP contribution < -0.4 is 0 Å². The van der Waals surface area contributed by atoms with E-state index in [1.807, 2.05) is 6.07 Å². The standard InChI is InChI=1S/C55H36N2/c1-2-16-46(17-3-1)57-52-21-11-10-20-51(52)56-55(57)41-27-24-37(25-28-41)22-23-38-26-33-49-50(34-38)54(45-32-30-40-13-5-7-15-43(40)36-45)48-19-9-8-18-47(48)53(49)44-31-29-39-12-4-6-14-42(39)35-44/h1-36H/b23-22+. The Hall–Kier alpha value is -7.55. The van der Waals surface area contributed by atoms with Crippen molar-refractivity contribution < 1.29 is 0 Å². The van der Waals surface area contributed by atoms with Gasteiger partial charge >= 0.3 is 0 Å². The highest BCUT2D eigenvalue weighted by Crippen LogP contribution is 2.45. The number of rotatable bonds is 6. The SMILES string of the molecule is C(=C\c1ccc2c(-c3ccc4ccccc4c3)c3ccccc3c(-c3ccc4ccccc4c3)c2c1)/c1ccc(-c2nc3ccccc3n2-c2ccccc2)cc1. The van der Waals surface area contributed by atoms with Crippen LogP contribution in [0.5, 0.6) is 0 Å². The van der Waals surface area contributed by atoms with Gasteiger partial charge in [-0.1, -0.05) is 176 Å². The zero-order chi connectivity index (χ0) is 37.7. The van der Waals surface area contributed by atoms with Crippen LogP contribution >= 0.6 is 0 Å². The summed E-state index contributed by atoms with van der Waals surface area (Å²) < 4.78 is 2.25. The second kappa shape index (κ2) is 13.6. The Kier molecular flexibility index (Phi) is 7.86. The molecular weight excluding hydrogens is 689 g/mol. The van der Waals surface area contributed by atoms with E-state index in [0.717, 1.165) is 39.2 Å². The molecule has 0 aliphatic carbocycles. The molecule has 0 atom stereocenters. The van der Waals surface area contributed by atoms with Crippen LogP contribution in [0.2, 0.25) is 0 Å². The minimum absolute atomic E-state index is 0.933. The fourth-order valence-corrected chi connectivity index (χ4v) is 8.61. The lowest BCUT2D eigenvalue weighted by Gasteiger charge is -2.19. The Morgan fingerprint density at radius 3 is 1.54 bits per heavy atom. The van der Waals surface area contributed by atoms with E-state index < -0.39 is 0 Å². The molecule has 0 saturated heterocycles. The van der Waals surface area contributed by atoms with Gasteiger partial charge < -0.3 is 0 Å². The van der Waals surface area contributed by atoms with Crippen LogP contribution in [-0.2, 0) is 0 Å². The Bertz CT molecular complexity index is 3330. The molecular formula is C55H36N2. The molecule has 0 radical (unpaired) electrons. The van der Waals surface area contributed by atoms with Crippen LogP contribution in [0.25, 0.3) is 106 Å². The Morgan fingerprint density at radius 1 is 0.351 bits per heavy atom. The van der Waals surface area contributed by atoms with E-state index in [1.165, 1.54) is 65.3 Å². The topological polar surface area (TPSA) is 17.8 Å². The van der Waals surface area contributed by atoms with Crippen LogP contribution in [0.15, 0.2) is 206 Å². The van der Waals surface area contributed by atoms with Gasteiger partial charge in [0.15, 0.2) is 0 Å². The monoisotopic (exact) mass is 724 g/mol. The maximum atomic E-state index is 5.07. The lowest BCUT2D eigenvalue weighted by molar-refractivity contribution is 1.10. The number of fused-ring (bicyclic) bond motifs is 5. The number of hydrogen-bond acceptors (Lipinski definition) is 1. The van der Waals surface area contributed by atoms with E-state index in [1.54, 1.807) is 0 Å². The first-order valence-electron chi connectivity index (χ1n) is 19.5. The predicted molar refractivity (Wildman–Crippen MR) is 243 cm³/mol. The van der Waals surface area contributed by atoms with Crippen molar-refractivity contribution in [2.24, 2.45) is 0 Å². The van der Waals surface area contributed by atoms with E-state index in [9.17, 15) is 0 Å². The molecule has 266 valence electrons. The average molecular weight is 725 g/mol. The van der Waals surface area contributed by atoms with Gasteiger partial charge in [-0.25, -0.2) is 4.98 Å². The molecule has 11 aromatic rings. The average Bonchev–Trinajstić information content (AvgIpc) is 3.67. The first kappa shape index (κ1) is 32.8. The van der Waals surface area contributed by atoms with E-state index >= 15 is 0 Å². The molecule has 0 fully saturated rings. The lowest BCUT2D eigenvalue weighted by Crippen LogP contribution is -1.97. The number of nitrogens with zero attached hydrogens (tertiary/aromatic N) is 2. The first-order chi connectivity index (χ1) is 28.2. The third kappa shape index (κ3) is 5.78. The second-order valence-corrected chi connectivity index (χ2v) is 14.8. The number of benzene rings is 10. The molecule has 57 heavy (non-hydrogen) atoms. The molecule has 0 spiro atoms. The van der Waals surface area contributed by atoms with Crippen LogP contribution in [0.3, 0.4) is 0 Å². The van der Waals surface area contributed by atoms with Gasteiger partial charge in [0.05, 0.1) is 11.0 Å². The summed E-state index contributed by atoms with van der Waals surface area (Å²) in [5, 5.41) is 9.97. The summed E-state index contributed by atoms with van der Waals surface area (Å²) in [7, 11) is 0. The van der Waals surface area contributed by atoms with E-state index in [2.05, 4.69) is 217 Å². The van der Waals surface area contributed by atoms with Gasteiger partial charge in [-0.2, -0.15) is 0 Å². The Labute approximate surface area is 331 Å². The normalized spacial score (nSPS) is 11.8. The number of hydrogen-bond donors (Lipinski definition) is 0. The summed E-state index contributed by atoms with van der Waals surface area (Å²) in [6.45, 7) is 0. The molecule has 1 aromatic heterocycles. The summed E-state index contributed by atoms with van der Waals surface area (Å²) in [5.74, 6) is 0.933. The third-order valence-corrected chi connectivity index (χ3v) is 11.3. The molecule has 0 saturated carbocycles. The van der Waals surface area contributed by atoms with Gasteiger partial charge in [0.1, 0.15) is 5.82 Å². The van der Waals surface area contributed by atoms with Gasteiger partial charge in [-0.15, -0.1) is 0 Å². The summed E-state index contributed by atoms with van der Waals surface area (Å²) >= 11 is 0. The number of imidazole rings is 1. The fourth-order valence-electron chi connectivity index (χ4n) is 8.61. The smallest absolute Gasteiger partial charge is 0.145 e. The second-order valence-electron chi connectivity index (χ2n) is 14.8. The van der Waals surface area contributed by atoms with Gasteiger partial charge in [-0.05, 0) is 119 Å². The maximum Gasteiger partial charge on any atom is 0.145 e. The van der Waals surface area contributed by atoms with Gasteiger partial charge in [-0.3, -0.25) is 4.57 Å². The van der Waals surface area contributed by atoms with Crippen LogP contribution in [-0.4, -0.2) is 9.55 Å². The molecule has 0 N–H and O–H groups in total. The third-order valence-electron chi connectivity index (χ3n) is 11.3. The highest BCUT2D eigenvalue weighted by molar-refractivity contribution is 6.22. The highest BCUT2D eigenvalue weighted by atomic mass is 15.1. The lowest BCUT2D eigenvalue weighted by atomic mass is 9.84. The summed E-state index contributed by atoms with van der Waals surface area (Å²) in [6, 6.07) is 74.5. The van der Waals surface area contributed by atoms with Crippen molar-refractivity contribution in [2.45, 2.75) is 0 Å². The summed E-state index contributed by atoms with van der Waals surface area (Å²) in [5.41, 5.74) is 11.5. The van der Waals surface area contributed by atoms with Crippen molar-refractivity contribution in [1.29, 1.82) is 0 Å². The summed E-state index contributed by atoms with van der Waals surface area (Å²) in [4.78, 5) is 5.07. The van der Waals surface area contributed by atoms with Crippen molar-refractivity contribution in [2.75, 3.05) is 0 Å². The fraction of sp³-hybridized carbons (Fsp3) is 0. The minimum Gasteiger partial charge on any atom is -0.292 e. The van der Waals surface area contributed by atoms with Gasteiger partial charge in [0.25, 0.3) is 0 Å². The summed E-state index contributed by atoms with van der Waals surface area (Å²) in [6.07, 6.45) is 4.45. The number of para-hydroxylation sites is 3. The zero-order valence-corrected chi connectivity index (χ0v) is 31.2. The molecule has 11 rings (SSSR count). The van der Waals surface area contributed by atoms with E-state index in [0.29, 0.717) is 0 Å². The van der Waals surface area contributed by atoms with Crippen molar-refractivity contribution in [1.82, 2.24) is 9.55 Å². The first-order valence-corrected chi connectivity index (χ1v) is 19.5. The molecule has 2 nitrogen and oxygen atoms in total. The van der Waals surface area contributed by atoms with Crippen molar-refractivity contribution in [3.8, 4) is 39.3 Å². The molecule has 1 heterocycles. The van der Waals surface area contributed by atoms with Gasteiger partial charge in [0, 0.05) is 11.3 Å². The molecule has 0 bridgehead atoms. The molecule has 0 amide bonds. The van der Waals surface area contributed by atoms with Gasteiger partial charge in [0.2, 0.25) is 0 Å². The molecule has 2 heteroatoms. The molecule has 0 unspecified atom stereocenters. The quantitative estimate of drug-likeness (QED) is 0.123. The van der Waals surface area contributed by atoms with E-state index in [4.69, 9.17) is 4.98 Å². The Morgan fingerprint density at radius 2 is 0.860 bits per heavy atom. The molecule has 0 aliphatic heterocycles. The minimum atomic E-state index is 0.933.